The molecule has 2 aromatic heterocycles. The van der Waals surface area contributed by atoms with Gasteiger partial charge in [0.05, 0.1) is 6.54 Å². The largest absolute Gasteiger partial charge is 0.291 e. The van der Waals surface area contributed by atoms with Gasteiger partial charge in [0.15, 0.2) is 0 Å². The molecular weight excluding hydrogens is 414 g/mol. The Morgan fingerprint density at radius 3 is 2.52 bits per heavy atom. The molecule has 1 N–H and O–H groups in total. The Kier molecular flexibility index (Phi) is 7.34. The van der Waals surface area contributed by atoms with Gasteiger partial charge in [0.1, 0.15) is 5.82 Å². The molecule has 2 heterocycles. The summed E-state index contributed by atoms with van der Waals surface area (Å²) in [5.74, 6) is 1.85. The van der Waals surface area contributed by atoms with Crippen LogP contribution in [0, 0.1) is 0 Å². The van der Waals surface area contributed by atoms with Gasteiger partial charge in [0.25, 0.3) is 0 Å². The molecule has 0 radical (unpaired) electrons. The van der Waals surface area contributed by atoms with Crippen LogP contribution in [-0.4, -0.2) is 41.2 Å². The van der Waals surface area contributed by atoms with Gasteiger partial charge in [-0.25, -0.2) is 9.67 Å². The number of ketones is 1. The van der Waals surface area contributed by atoms with Gasteiger partial charge in [-0.2, -0.15) is 5.21 Å². The number of aromatic nitrogens is 7. The number of hydrogen-bond acceptors (Lipinski definition) is 6. The third kappa shape index (κ3) is 5.58. The smallest absolute Gasteiger partial charge is 0.217 e. The Hall–Kier alpha value is -3.68. The summed E-state index contributed by atoms with van der Waals surface area (Å²) in [6, 6.07) is 16.6. The van der Waals surface area contributed by atoms with E-state index in [0.717, 1.165) is 54.6 Å². The summed E-state index contributed by atoms with van der Waals surface area (Å²) in [4.78, 5) is 16.9. The molecule has 0 saturated carbocycles. The minimum absolute atomic E-state index is 0.0182. The highest BCUT2D eigenvalue weighted by Gasteiger charge is 2.16. The first-order valence-electron chi connectivity index (χ1n) is 11.5. The van der Waals surface area contributed by atoms with Crippen LogP contribution in [0.5, 0.6) is 0 Å². The molecule has 8 heteroatoms. The maximum atomic E-state index is 12.3. The van der Waals surface area contributed by atoms with Crippen LogP contribution in [0.1, 0.15) is 72.7 Å². The highest BCUT2D eigenvalue weighted by atomic mass is 16.1. The molecule has 33 heavy (non-hydrogen) atoms. The van der Waals surface area contributed by atoms with E-state index < -0.39 is 0 Å². The van der Waals surface area contributed by atoms with E-state index in [1.165, 1.54) is 5.56 Å². The summed E-state index contributed by atoms with van der Waals surface area (Å²) in [5, 5.41) is 19.0. The Morgan fingerprint density at radius 2 is 1.79 bits per heavy atom. The first-order valence-corrected chi connectivity index (χ1v) is 11.5. The number of Topliss-reactive ketones (excluding diaryl/α,β-unsaturated/α-hetero) is 1. The molecule has 0 amide bonds. The second kappa shape index (κ2) is 10.8. The lowest BCUT2D eigenvalue weighted by atomic mass is 9.98. The van der Waals surface area contributed by atoms with Gasteiger partial charge in [-0.15, -0.1) is 15.3 Å². The summed E-state index contributed by atoms with van der Waals surface area (Å²) in [5.41, 5.74) is 4.44. The molecule has 0 bridgehead atoms. The van der Waals surface area contributed by atoms with Crippen molar-refractivity contribution in [3.63, 3.8) is 0 Å². The molecule has 0 aliphatic carbocycles. The average Bonchev–Trinajstić information content (AvgIpc) is 3.50. The molecule has 0 spiro atoms. The van der Waals surface area contributed by atoms with Crippen LogP contribution in [-0.2, 0) is 19.4 Å². The molecule has 0 aliphatic rings. The van der Waals surface area contributed by atoms with E-state index in [4.69, 9.17) is 0 Å². The first-order chi connectivity index (χ1) is 16.2. The zero-order valence-electron chi connectivity index (χ0n) is 19.2. The van der Waals surface area contributed by atoms with Crippen LogP contribution in [0.3, 0.4) is 0 Å². The van der Waals surface area contributed by atoms with Crippen molar-refractivity contribution in [2.45, 2.75) is 58.9 Å². The number of tetrazole rings is 1. The molecule has 0 aliphatic heterocycles. The lowest BCUT2D eigenvalue weighted by molar-refractivity contribution is 0.0971. The van der Waals surface area contributed by atoms with Crippen molar-refractivity contribution in [1.82, 2.24) is 35.4 Å². The number of unbranched alkanes of at least 4 members (excludes halogenated alkanes) is 1. The van der Waals surface area contributed by atoms with E-state index in [1.54, 1.807) is 0 Å². The van der Waals surface area contributed by atoms with Crippen molar-refractivity contribution in [2.24, 2.45) is 0 Å². The second-order valence-corrected chi connectivity index (χ2v) is 8.17. The number of benzene rings is 2. The third-order valence-corrected chi connectivity index (χ3v) is 5.58. The van der Waals surface area contributed by atoms with Crippen molar-refractivity contribution < 1.29 is 4.79 Å². The Bertz CT molecular complexity index is 1180. The first kappa shape index (κ1) is 22.5. The van der Waals surface area contributed by atoms with Gasteiger partial charge < -0.3 is 0 Å². The zero-order valence-corrected chi connectivity index (χ0v) is 19.2. The van der Waals surface area contributed by atoms with Crippen LogP contribution in [0.15, 0.2) is 48.5 Å². The summed E-state index contributed by atoms with van der Waals surface area (Å²) >= 11 is 0. The quantitative estimate of drug-likeness (QED) is 0.344. The predicted octanol–water partition coefficient (Wildman–Crippen LogP) is 4.42. The topological polar surface area (TPSA) is 102 Å². The van der Waals surface area contributed by atoms with Gasteiger partial charge in [-0.05, 0) is 41.2 Å². The lowest BCUT2D eigenvalue weighted by Gasteiger charge is -2.09. The van der Waals surface area contributed by atoms with Gasteiger partial charge in [-0.3, -0.25) is 4.79 Å². The fraction of sp³-hybridized carbons (Fsp3) is 0.360. The standard InChI is InChI=1S/C25H29N7O/c1-3-5-11-23-26-25(22(33)8-4-2)29-32(23)17-19-14-12-18(13-15-19)16-20-9-6-7-10-21(20)24-27-30-31-28-24/h6-7,9-10,12-15H,3-5,8,11,16-17H2,1-2H3,(H,27,28,30,31). The number of nitrogens with zero attached hydrogens (tertiary/aromatic N) is 6. The SMILES string of the molecule is CCCCc1nc(C(=O)CCC)nn1Cc1ccc(Cc2ccccc2-c2nn[nH]n2)cc1. The van der Waals surface area contributed by atoms with E-state index in [2.05, 4.69) is 68.0 Å². The maximum absolute atomic E-state index is 12.3. The number of nitrogens with one attached hydrogen (secondary N) is 1. The van der Waals surface area contributed by atoms with E-state index in [0.29, 0.717) is 24.6 Å². The van der Waals surface area contributed by atoms with E-state index in [9.17, 15) is 4.79 Å². The molecule has 4 rings (SSSR count). The Morgan fingerprint density at radius 1 is 1.00 bits per heavy atom. The van der Waals surface area contributed by atoms with Crippen molar-refractivity contribution >= 4 is 5.78 Å². The van der Waals surface area contributed by atoms with Crippen LogP contribution < -0.4 is 0 Å². The van der Waals surface area contributed by atoms with E-state index in [1.807, 2.05) is 29.8 Å². The number of carbonyl (C=O) groups is 1. The number of rotatable bonds is 11. The molecule has 0 fully saturated rings. The summed E-state index contributed by atoms with van der Waals surface area (Å²) in [6.45, 7) is 4.75. The maximum Gasteiger partial charge on any atom is 0.217 e. The number of aromatic amines is 1. The number of H-pyrrole nitrogens is 1. The van der Waals surface area contributed by atoms with Crippen molar-refractivity contribution in [3.8, 4) is 11.4 Å². The van der Waals surface area contributed by atoms with Crippen molar-refractivity contribution in [3.05, 3.63) is 76.9 Å². The normalized spacial score (nSPS) is 11.1. The van der Waals surface area contributed by atoms with Gasteiger partial charge in [0, 0.05) is 18.4 Å². The zero-order chi connectivity index (χ0) is 23.0. The second-order valence-electron chi connectivity index (χ2n) is 8.17. The number of aryl methyl sites for hydroxylation is 1. The summed E-state index contributed by atoms with van der Waals surface area (Å²) in [6.07, 6.45) is 4.98. The van der Waals surface area contributed by atoms with Crippen molar-refractivity contribution in [1.29, 1.82) is 0 Å². The lowest BCUT2D eigenvalue weighted by Crippen LogP contribution is -2.08. The molecule has 8 nitrogen and oxygen atoms in total. The molecular formula is C25H29N7O. The van der Waals surface area contributed by atoms with Crippen LogP contribution >= 0.6 is 0 Å². The van der Waals surface area contributed by atoms with Gasteiger partial charge >= 0.3 is 0 Å². The number of hydrogen-bond donors (Lipinski definition) is 1. The fourth-order valence-corrected chi connectivity index (χ4v) is 3.80. The Labute approximate surface area is 193 Å². The highest BCUT2D eigenvalue weighted by molar-refractivity contribution is 5.92. The van der Waals surface area contributed by atoms with Gasteiger partial charge in [-0.1, -0.05) is 68.8 Å². The molecule has 4 aromatic rings. The van der Waals surface area contributed by atoms with Crippen LogP contribution in [0.4, 0.5) is 0 Å². The Balaban J connectivity index is 1.50. The van der Waals surface area contributed by atoms with Crippen molar-refractivity contribution in [2.75, 3.05) is 0 Å². The summed E-state index contributed by atoms with van der Waals surface area (Å²) in [7, 11) is 0. The summed E-state index contributed by atoms with van der Waals surface area (Å²) < 4.78 is 1.89. The fourth-order valence-electron chi connectivity index (χ4n) is 3.80. The molecule has 0 unspecified atom stereocenters. The molecule has 2 aromatic carbocycles. The minimum Gasteiger partial charge on any atom is -0.291 e. The van der Waals surface area contributed by atoms with E-state index >= 15 is 0 Å². The molecule has 170 valence electrons. The number of carbonyl (C=O) groups excluding carboxylic acids is 1. The third-order valence-electron chi connectivity index (χ3n) is 5.58. The average molecular weight is 444 g/mol. The minimum atomic E-state index is 0.0182. The molecule has 0 saturated heterocycles. The van der Waals surface area contributed by atoms with Gasteiger partial charge in [0.2, 0.25) is 17.4 Å². The monoisotopic (exact) mass is 443 g/mol. The predicted molar refractivity (Wildman–Crippen MR) is 126 cm³/mol. The van der Waals surface area contributed by atoms with Crippen LogP contribution in [0.25, 0.3) is 11.4 Å². The van der Waals surface area contributed by atoms with Crippen LogP contribution in [0.2, 0.25) is 0 Å². The highest BCUT2D eigenvalue weighted by Crippen LogP contribution is 2.22. The molecule has 0 atom stereocenters. The van der Waals surface area contributed by atoms with E-state index in [-0.39, 0.29) is 5.78 Å².